The van der Waals surface area contributed by atoms with Crippen molar-refractivity contribution in [1.82, 2.24) is 24.7 Å². The third-order valence-electron chi connectivity index (χ3n) is 5.90. The Morgan fingerprint density at radius 1 is 1.18 bits per heavy atom. The Hall–Kier alpha value is -3.29. The van der Waals surface area contributed by atoms with E-state index in [4.69, 9.17) is 4.98 Å². The largest absolute Gasteiger partial charge is 0.340 e. The van der Waals surface area contributed by atoms with Crippen molar-refractivity contribution in [2.75, 3.05) is 23.4 Å². The predicted octanol–water partition coefficient (Wildman–Crippen LogP) is 2.45. The lowest BCUT2D eigenvalue weighted by Crippen LogP contribution is -2.59. The lowest BCUT2D eigenvalue weighted by atomic mass is 9.89. The molecule has 0 spiro atoms. The van der Waals surface area contributed by atoms with E-state index in [1.807, 2.05) is 37.4 Å². The molecule has 0 bridgehead atoms. The van der Waals surface area contributed by atoms with Gasteiger partial charge in [-0.25, -0.2) is 9.97 Å². The number of likely N-dealkylation sites (N-methyl/N-ethyl adjacent to an activating group) is 1. The summed E-state index contributed by atoms with van der Waals surface area (Å²) < 4.78 is 1.65. The topological polar surface area (TPSA) is 80.0 Å². The second kappa shape index (κ2) is 6.12. The van der Waals surface area contributed by atoms with Crippen LogP contribution in [0.4, 0.5) is 11.5 Å². The third kappa shape index (κ3) is 2.20. The van der Waals surface area contributed by atoms with Gasteiger partial charge in [0, 0.05) is 19.2 Å². The molecule has 5 rings (SSSR count). The minimum atomic E-state index is -0.502. The molecule has 1 unspecified atom stereocenters. The zero-order valence-electron chi connectivity index (χ0n) is 15.9. The van der Waals surface area contributed by atoms with E-state index in [-0.39, 0.29) is 5.91 Å². The molecule has 2 aliphatic rings. The number of nitrogens with zero attached hydrogens (tertiary/aromatic N) is 7. The van der Waals surface area contributed by atoms with E-state index in [1.54, 1.807) is 15.8 Å². The molecule has 8 nitrogen and oxygen atoms in total. The Morgan fingerprint density at radius 2 is 2.00 bits per heavy atom. The van der Waals surface area contributed by atoms with E-state index in [2.05, 4.69) is 26.9 Å². The monoisotopic (exact) mass is 375 g/mol. The standard InChI is InChI=1S/C20H21N7O/c1-3-20-10-7-11-26(20)17-15(25(2)18(20)28)12-21-19(24-17)27-16(22-13-23-27)14-8-5-4-6-9-14/h4-6,8-9,12-13H,3,7,10-11H2,1-2H3. The van der Waals surface area contributed by atoms with Crippen LogP contribution >= 0.6 is 0 Å². The van der Waals surface area contributed by atoms with Gasteiger partial charge in [-0.3, -0.25) is 4.79 Å². The SMILES string of the molecule is CCC12CCCN1c1nc(-n3ncnc3-c3ccccc3)ncc1N(C)C2=O. The zero-order valence-corrected chi connectivity index (χ0v) is 15.9. The molecule has 8 heteroatoms. The molecule has 142 valence electrons. The summed E-state index contributed by atoms with van der Waals surface area (Å²) in [5.41, 5.74) is 1.18. The minimum Gasteiger partial charge on any atom is -0.340 e. The first-order chi connectivity index (χ1) is 13.7. The highest BCUT2D eigenvalue weighted by molar-refractivity contribution is 6.07. The lowest BCUT2D eigenvalue weighted by molar-refractivity contribution is -0.123. The molecule has 0 aliphatic carbocycles. The maximum atomic E-state index is 13.1. The summed E-state index contributed by atoms with van der Waals surface area (Å²) >= 11 is 0. The summed E-state index contributed by atoms with van der Waals surface area (Å²) in [6, 6.07) is 9.84. The van der Waals surface area contributed by atoms with Crippen LogP contribution < -0.4 is 9.80 Å². The van der Waals surface area contributed by atoms with E-state index in [0.717, 1.165) is 42.9 Å². The second-order valence-electron chi connectivity index (χ2n) is 7.24. The lowest BCUT2D eigenvalue weighted by Gasteiger charge is -2.45. The summed E-state index contributed by atoms with van der Waals surface area (Å²) in [6.07, 6.45) is 5.80. The fourth-order valence-corrected chi connectivity index (χ4v) is 4.42. The van der Waals surface area contributed by atoms with Gasteiger partial charge in [0.1, 0.15) is 17.6 Å². The number of rotatable bonds is 3. The fraction of sp³-hybridized carbons (Fsp3) is 0.350. The molecule has 28 heavy (non-hydrogen) atoms. The molecule has 0 radical (unpaired) electrons. The van der Waals surface area contributed by atoms with Crippen molar-refractivity contribution in [3.05, 3.63) is 42.9 Å². The smallest absolute Gasteiger partial charge is 0.254 e. The molecule has 1 saturated heterocycles. The Morgan fingerprint density at radius 3 is 2.79 bits per heavy atom. The molecule has 1 aromatic carbocycles. The summed E-state index contributed by atoms with van der Waals surface area (Å²) in [5.74, 6) is 2.06. The summed E-state index contributed by atoms with van der Waals surface area (Å²) in [6.45, 7) is 2.89. The first kappa shape index (κ1) is 16.9. The average molecular weight is 375 g/mol. The van der Waals surface area contributed by atoms with Gasteiger partial charge in [0.2, 0.25) is 0 Å². The van der Waals surface area contributed by atoms with Crippen molar-refractivity contribution >= 4 is 17.4 Å². The Bertz CT molecular complexity index is 1050. The van der Waals surface area contributed by atoms with E-state index < -0.39 is 5.54 Å². The molecule has 1 fully saturated rings. The van der Waals surface area contributed by atoms with E-state index >= 15 is 0 Å². The van der Waals surface area contributed by atoms with Crippen molar-refractivity contribution in [2.45, 2.75) is 31.7 Å². The maximum absolute atomic E-state index is 13.1. The molecule has 3 aromatic rings. The van der Waals surface area contributed by atoms with Crippen LogP contribution in [0.1, 0.15) is 26.2 Å². The van der Waals surface area contributed by atoms with Gasteiger partial charge in [0.15, 0.2) is 11.6 Å². The molecule has 1 atom stereocenters. The number of hydrogen-bond acceptors (Lipinski definition) is 6. The average Bonchev–Trinajstić information content (AvgIpc) is 3.40. The van der Waals surface area contributed by atoms with E-state index in [0.29, 0.717) is 11.8 Å². The van der Waals surface area contributed by atoms with Crippen molar-refractivity contribution in [1.29, 1.82) is 0 Å². The normalized spacial score (nSPS) is 21.0. The van der Waals surface area contributed by atoms with Crippen LogP contribution in [0.3, 0.4) is 0 Å². The minimum absolute atomic E-state index is 0.127. The summed E-state index contributed by atoms with van der Waals surface area (Å²) in [4.78, 5) is 30.7. The number of fused-ring (bicyclic) bond motifs is 3. The van der Waals surface area contributed by atoms with Gasteiger partial charge in [-0.15, -0.1) is 0 Å². The molecule has 4 heterocycles. The van der Waals surface area contributed by atoms with Crippen molar-refractivity contribution in [2.24, 2.45) is 0 Å². The van der Waals surface area contributed by atoms with Gasteiger partial charge in [-0.2, -0.15) is 14.8 Å². The van der Waals surface area contributed by atoms with Crippen LogP contribution in [0.25, 0.3) is 17.3 Å². The Kier molecular flexibility index (Phi) is 3.68. The first-order valence-electron chi connectivity index (χ1n) is 9.54. The van der Waals surface area contributed by atoms with E-state index in [1.165, 1.54) is 6.33 Å². The number of aromatic nitrogens is 5. The van der Waals surface area contributed by atoms with Gasteiger partial charge in [0.25, 0.3) is 11.9 Å². The predicted molar refractivity (Wildman–Crippen MR) is 105 cm³/mol. The molecule has 0 saturated carbocycles. The van der Waals surface area contributed by atoms with Gasteiger partial charge in [-0.05, 0) is 19.3 Å². The molecule has 2 aliphatic heterocycles. The highest BCUT2D eigenvalue weighted by atomic mass is 16.2. The van der Waals surface area contributed by atoms with Crippen LogP contribution in [0.15, 0.2) is 42.9 Å². The highest BCUT2D eigenvalue weighted by Crippen LogP contribution is 2.45. The highest BCUT2D eigenvalue weighted by Gasteiger charge is 2.52. The van der Waals surface area contributed by atoms with Crippen molar-refractivity contribution in [3.8, 4) is 17.3 Å². The van der Waals surface area contributed by atoms with Crippen LogP contribution in [0.2, 0.25) is 0 Å². The van der Waals surface area contributed by atoms with Crippen LogP contribution in [-0.2, 0) is 4.79 Å². The summed E-state index contributed by atoms with van der Waals surface area (Å²) in [7, 11) is 1.81. The molecule has 0 N–H and O–H groups in total. The van der Waals surface area contributed by atoms with Gasteiger partial charge in [-0.1, -0.05) is 37.3 Å². The number of carbonyl (C=O) groups is 1. The van der Waals surface area contributed by atoms with Crippen LogP contribution in [0, 0.1) is 0 Å². The van der Waals surface area contributed by atoms with Gasteiger partial charge in [0.05, 0.1) is 6.20 Å². The number of carbonyl (C=O) groups excluding carboxylic acids is 1. The first-order valence-corrected chi connectivity index (χ1v) is 9.54. The second-order valence-corrected chi connectivity index (χ2v) is 7.24. The van der Waals surface area contributed by atoms with E-state index in [9.17, 15) is 4.79 Å². The molecule has 2 aromatic heterocycles. The summed E-state index contributed by atoms with van der Waals surface area (Å²) in [5, 5.41) is 4.35. The van der Waals surface area contributed by atoms with Gasteiger partial charge >= 0.3 is 0 Å². The van der Waals surface area contributed by atoms with Crippen LogP contribution in [0.5, 0.6) is 0 Å². The quantitative estimate of drug-likeness (QED) is 0.700. The number of benzene rings is 1. The Balaban J connectivity index is 1.65. The Labute approximate surface area is 162 Å². The number of amides is 1. The maximum Gasteiger partial charge on any atom is 0.254 e. The number of hydrogen-bond donors (Lipinski definition) is 0. The van der Waals surface area contributed by atoms with Crippen molar-refractivity contribution in [3.63, 3.8) is 0 Å². The molecular formula is C20H21N7O. The van der Waals surface area contributed by atoms with Gasteiger partial charge < -0.3 is 9.80 Å². The zero-order chi connectivity index (χ0) is 19.3. The van der Waals surface area contributed by atoms with Crippen molar-refractivity contribution < 1.29 is 4.79 Å². The van der Waals surface area contributed by atoms with Crippen LogP contribution in [-0.4, -0.2) is 49.8 Å². The fourth-order valence-electron chi connectivity index (χ4n) is 4.42. The molecule has 1 amide bonds. The number of anilines is 2. The third-order valence-corrected chi connectivity index (χ3v) is 5.90. The molecular weight excluding hydrogens is 354 g/mol.